The van der Waals surface area contributed by atoms with Gasteiger partial charge in [-0.15, -0.1) is 0 Å². The van der Waals surface area contributed by atoms with Crippen molar-refractivity contribution in [3.05, 3.63) is 29.5 Å². The molecule has 2 heterocycles. The van der Waals surface area contributed by atoms with E-state index in [-0.39, 0.29) is 5.41 Å². The van der Waals surface area contributed by atoms with E-state index in [1.807, 2.05) is 0 Å². The fraction of sp³-hybridized carbons (Fsp3) is 0.667. The number of nitrogens with zero attached hydrogens (tertiary/aromatic N) is 2. The van der Waals surface area contributed by atoms with Crippen molar-refractivity contribution < 1.29 is 9.53 Å². The van der Waals surface area contributed by atoms with Crippen LogP contribution in [0.25, 0.3) is 10.9 Å². The minimum Gasteiger partial charge on any atom is -0.497 e. The SMILES string of the molecule is CCC[C@@H]1CC[C@@H](CCC)N1C(=O)Cn1c2c(c3ccc(OC)cc31)CCC(C)(C)C2. The number of aryl methyl sites for hydroxylation is 1. The van der Waals surface area contributed by atoms with Crippen LogP contribution in [0.4, 0.5) is 0 Å². The van der Waals surface area contributed by atoms with Crippen molar-refractivity contribution in [3.8, 4) is 5.75 Å². The van der Waals surface area contributed by atoms with Crippen LogP contribution < -0.4 is 4.74 Å². The van der Waals surface area contributed by atoms with E-state index in [9.17, 15) is 4.79 Å². The normalized spacial score (nSPS) is 22.7. The van der Waals surface area contributed by atoms with Gasteiger partial charge in [0.1, 0.15) is 12.3 Å². The molecule has 4 heteroatoms. The number of hydrogen-bond donors (Lipinski definition) is 0. The predicted octanol–water partition coefficient (Wildman–Crippen LogP) is 6.12. The molecule has 0 N–H and O–H groups in total. The zero-order chi connectivity index (χ0) is 22.2. The van der Waals surface area contributed by atoms with Gasteiger partial charge in [-0.1, -0.05) is 40.5 Å². The molecule has 0 unspecified atom stereocenters. The van der Waals surface area contributed by atoms with Gasteiger partial charge in [0, 0.05) is 29.2 Å². The monoisotopic (exact) mass is 424 g/mol. The Kier molecular flexibility index (Phi) is 6.37. The molecule has 1 amide bonds. The average Bonchev–Trinajstić information content (AvgIpc) is 3.26. The number of ether oxygens (including phenoxy) is 1. The quantitative estimate of drug-likeness (QED) is 0.536. The second-order valence-corrected chi connectivity index (χ2v) is 10.5. The van der Waals surface area contributed by atoms with Crippen molar-refractivity contribution >= 4 is 16.8 Å². The Bertz CT molecular complexity index is 928. The van der Waals surface area contributed by atoms with Crippen LogP contribution in [0.3, 0.4) is 0 Å². The maximum atomic E-state index is 13.8. The topological polar surface area (TPSA) is 34.5 Å². The molecular formula is C27H40N2O2. The minimum atomic E-state index is 0.273. The van der Waals surface area contributed by atoms with E-state index in [4.69, 9.17) is 4.74 Å². The van der Waals surface area contributed by atoms with Gasteiger partial charge < -0.3 is 14.2 Å². The van der Waals surface area contributed by atoms with Crippen molar-refractivity contribution in [2.24, 2.45) is 5.41 Å². The third-order valence-electron chi connectivity index (χ3n) is 7.64. The number of amides is 1. The van der Waals surface area contributed by atoms with Gasteiger partial charge in [-0.05, 0) is 68.1 Å². The average molecular weight is 425 g/mol. The van der Waals surface area contributed by atoms with E-state index in [0.29, 0.717) is 24.5 Å². The Hall–Kier alpha value is -1.97. The molecule has 1 saturated heterocycles. The molecule has 4 nitrogen and oxygen atoms in total. The number of carbonyl (C=O) groups excluding carboxylic acids is 1. The second-order valence-electron chi connectivity index (χ2n) is 10.5. The standard InChI is InChI=1S/C27H40N2O2/c1-6-8-19-10-11-20(9-7-2)29(19)26(30)18-28-24-16-21(31-5)12-13-22(24)23-14-15-27(3,4)17-25(23)28/h12-13,16,19-20H,6-11,14-15,17-18H2,1-5H3/t19-,20-/m1/s1. The Morgan fingerprint density at radius 2 is 1.81 bits per heavy atom. The van der Waals surface area contributed by atoms with Crippen molar-refractivity contribution in [1.29, 1.82) is 0 Å². The van der Waals surface area contributed by atoms with E-state index in [2.05, 4.69) is 55.4 Å². The Morgan fingerprint density at radius 1 is 1.13 bits per heavy atom. The van der Waals surface area contributed by atoms with Crippen LogP contribution in [0.5, 0.6) is 5.75 Å². The third kappa shape index (κ3) is 4.23. The molecule has 170 valence electrons. The summed E-state index contributed by atoms with van der Waals surface area (Å²) >= 11 is 0. The van der Waals surface area contributed by atoms with Crippen LogP contribution in [0.2, 0.25) is 0 Å². The molecule has 2 atom stereocenters. The summed E-state index contributed by atoms with van der Waals surface area (Å²) in [4.78, 5) is 16.1. The first-order valence-corrected chi connectivity index (χ1v) is 12.4. The lowest BCUT2D eigenvalue weighted by Gasteiger charge is -2.33. The fourth-order valence-corrected chi connectivity index (χ4v) is 6.07. The number of hydrogen-bond acceptors (Lipinski definition) is 2. The van der Waals surface area contributed by atoms with Crippen LogP contribution in [-0.2, 0) is 24.2 Å². The number of rotatable bonds is 7. The van der Waals surface area contributed by atoms with E-state index in [0.717, 1.165) is 62.6 Å². The molecule has 0 saturated carbocycles. The van der Waals surface area contributed by atoms with Crippen molar-refractivity contribution in [3.63, 3.8) is 0 Å². The number of methoxy groups -OCH3 is 1. The largest absolute Gasteiger partial charge is 0.497 e. The number of carbonyl (C=O) groups is 1. The van der Waals surface area contributed by atoms with Gasteiger partial charge in [-0.2, -0.15) is 0 Å². The smallest absolute Gasteiger partial charge is 0.243 e. The van der Waals surface area contributed by atoms with E-state index in [1.54, 1.807) is 7.11 Å². The number of likely N-dealkylation sites (tertiary alicyclic amines) is 1. The van der Waals surface area contributed by atoms with E-state index >= 15 is 0 Å². The Labute approximate surface area is 187 Å². The highest BCUT2D eigenvalue weighted by Gasteiger charge is 2.37. The zero-order valence-corrected chi connectivity index (χ0v) is 20.2. The Balaban J connectivity index is 1.73. The van der Waals surface area contributed by atoms with Crippen LogP contribution >= 0.6 is 0 Å². The molecule has 1 aliphatic heterocycles. The van der Waals surface area contributed by atoms with Gasteiger partial charge in [-0.3, -0.25) is 4.79 Å². The highest BCUT2D eigenvalue weighted by atomic mass is 16.5. The lowest BCUT2D eigenvalue weighted by atomic mass is 9.76. The van der Waals surface area contributed by atoms with Crippen molar-refractivity contribution in [2.75, 3.05) is 7.11 Å². The molecule has 0 spiro atoms. The molecule has 1 aliphatic carbocycles. The highest BCUT2D eigenvalue weighted by Crippen LogP contribution is 2.41. The van der Waals surface area contributed by atoms with Gasteiger partial charge in [-0.25, -0.2) is 0 Å². The lowest BCUT2D eigenvalue weighted by Crippen LogP contribution is -2.43. The first kappa shape index (κ1) is 22.2. The summed E-state index contributed by atoms with van der Waals surface area (Å²) in [6.45, 7) is 9.64. The summed E-state index contributed by atoms with van der Waals surface area (Å²) in [7, 11) is 1.72. The first-order valence-electron chi connectivity index (χ1n) is 12.4. The maximum Gasteiger partial charge on any atom is 0.243 e. The minimum absolute atomic E-state index is 0.273. The fourth-order valence-electron chi connectivity index (χ4n) is 6.07. The van der Waals surface area contributed by atoms with Crippen LogP contribution in [-0.4, -0.2) is 34.6 Å². The zero-order valence-electron chi connectivity index (χ0n) is 20.2. The number of benzene rings is 1. The molecular weight excluding hydrogens is 384 g/mol. The number of aromatic nitrogens is 1. The molecule has 0 bridgehead atoms. The number of fused-ring (bicyclic) bond motifs is 3. The van der Waals surface area contributed by atoms with Gasteiger partial charge >= 0.3 is 0 Å². The third-order valence-corrected chi connectivity index (χ3v) is 7.64. The highest BCUT2D eigenvalue weighted by molar-refractivity contribution is 5.89. The summed E-state index contributed by atoms with van der Waals surface area (Å²) in [6, 6.07) is 7.21. The van der Waals surface area contributed by atoms with Crippen molar-refractivity contribution in [2.45, 2.75) is 104 Å². The summed E-state index contributed by atoms with van der Waals surface area (Å²) in [5.41, 5.74) is 4.25. The lowest BCUT2D eigenvalue weighted by molar-refractivity contribution is -0.135. The van der Waals surface area contributed by atoms with Gasteiger partial charge in [0.05, 0.1) is 12.6 Å². The van der Waals surface area contributed by atoms with Crippen LogP contribution in [0.15, 0.2) is 18.2 Å². The second kappa shape index (κ2) is 8.88. The molecule has 2 aliphatic rings. The molecule has 31 heavy (non-hydrogen) atoms. The molecule has 1 fully saturated rings. The van der Waals surface area contributed by atoms with Gasteiger partial charge in [0.25, 0.3) is 0 Å². The summed E-state index contributed by atoms with van der Waals surface area (Å²) in [5.74, 6) is 1.17. The molecule has 4 rings (SSSR count). The first-order chi connectivity index (χ1) is 14.9. The molecule has 1 aromatic heterocycles. The van der Waals surface area contributed by atoms with Gasteiger partial charge in [0.2, 0.25) is 5.91 Å². The van der Waals surface area contributed by atoms with Crippen LogP contribution in [0, 0.1) is 5.41 Å². The molecule has 0 radical (unpaired) electrons. The van der Waals surface area contributed by atoms with Crippen molar-refractivity contribution in [1.82, 2.24) is 9.47 Å². The summed E-state index contributed by atoms with van der Waals surface area (Å²) in [6.07, 6.45) is 10.2. The van der Waals surface area contributed by atoms with Gasteiger partial charge in [0.15, 0.2) is 0 Å². The molecule has 2 aromatic rings. The van der Waals surface area contributed by atoms with E-state index < -0.39 is 0 Å². The maximum absolute atomic E-state index is 13.8. The summed E-state index contributed by atoms with van der Waals surface area (Å²) in [5, 5.41) is 1.30. The Morgan fingerprint density at radius 3 is 2.42 bits per heavy atom. The van der Waals surface area contributed by atoms with E-state index in [1.165, 1.54) is 23.1 Å². The summed E-state index contributed by atoms with van der Waals surface area (Å²) < 4.78 is 7.88. The molecule has 1 aromatic carbocycles. The van der Waals surface area contributed by atoms with Crippen LogP contribution in [0.1, 0.15) is 83.9 Å². The predicted molar refractivity (Wildman–Crippen MR) is 128 cm³/mol.